The van der Waals surface area contributed by atoms with Gasteiger partial charge in [0.05, 0.1) is 0 Å². The summed E-state index contributed by atoms with van der Waals surface area (Å²) in [4.78, 5) is 26.3. The van der Waals surface area contributed by atoms with Crippen molar-refractivity contribution in [2.45, 2.75) is 25.5 Å². The van der Waals surface area contributed by atoms with Crippen molar-refractivity contribution in [3.8, 4) is 0 Å². The summed E-state index contributed by atoms with van der Waals surface area (Å²) in [7, 11) is 1.34. The van der Waals surface area contributed by atoms with E-state index in [1.165, 1.54) is 19.2 Å². The van der Waals surface area contributed by atoms with Gasteiger partial charge in [0, 0.05) is 38.2 Å². The molecule has 7 heteroatoms. The van der Waals surface area contributed by atoms with Crippen molar-refractivity contribution in [1.29, 1.82) is 0 Å². The zero-order chi connectivity index (χ0) is 16.3. The third kappa shape index (κ3) is 3.08. The molecule has 1 saturated heterocycles. The molecule has 0 bridgehead atoms. The molecule has 120 valence electrons. The van der Waals surface area contributed by atoms with Gasteiger partial charge in [-0.25, -0.2) is 4.39 Å². The van der Waals surface area contributed by atoms with E-state index in [9.17, 15) is 14.0 Å². The first kappa shape index (κ1) is 16.7. The van der Waals surface area contributed by atoms with Gasteiger partial charge in [0.15, 0.2) is 0 Å². The molecule has 1 N–H and O–H groups in total. The molecule has 0 radical (unpaired) electrons. The topological polar surface area (TPSA) is 58.6 Å². The number of nitrogens with one attached hydrogen (secondary N) is 1. The van der Waals surface area contributed by atoms with Gasteiger partial charge in [0.25, 0.3) is 11.8 Å². The molecule has 2 amide bonds. The Morgan fingerprint density at radius 3 is 2.77 bits per heavy atom. The Balaban J connectivity index is 2.09. The summed E-state index contributed by atoms with van der Waals surface area (Å²) >= 11 is 5.77. The van der Waals surface area contributed by atoms with Gasteiger partial charge in [0.1, 0.15) is 5.82 Å². The molecule has 1 heterocycles. The number of hydrogen-bond donors (Lipinski definition) is 1. The molecule has 22 heavy (non-hydrogen) atoms. The van der Waals surface area contributed by atoms with Crippen LogP contribution in [0.3, 0.4) is 0 Å². The maximum Gasteiger partial charge on any atom is 0.264 e. The van der Waals surface area contributed by atoms with Crippen molar-refractivity contribution in [2.24, 2.45) is 0 Å². The van der Waals surface area contributed by atoms with Crippen LogP contribution in [0.4, 0.5) is 4.39 Å². The predicted octanol–water partition coefficient (Wildman–Crippen LogP) is 1.73. The molecule has 1 aliphatic rings. The van der Waals surface area contributed by atoms with Crippen LogP contribution >= 0.6 is 11.6 Å². The minimum Gasteiger partial charge on any atom is -0.359 e. The van der Waals surface area contributed by atoms with Crippen molar-refractivity contribution in [1.82, 2.24) is 10.2 Å². The standard InChI is InChI=1S/C15H18ClFN2O3/c1-3-19-5-4-15(22-2,14(19)21)13(20)18-9-10-6-11(16)8-12(17)7-10/h6-8H,3-5,9H2,1-2H3,(H,18,20)/t15-/m1/s1. The Hall–Kier alpha value is -1.66. The maximum absolute atomic E-state index is 13.3. The van der Waals surface area contributed by atoms with Gasteiger partial charge in [-0.1, -0.05) is 11.6 Å². The minimum absolute atomic E-state index is 0.0703. The highest BCUT2D eigenvalue weighted by Gasteiger charge is 2.52. The van der Waals surface area contributed by atoms with E-state index in [1.54, 1.807) is 11.0 Å². The van der Waals surface area contributed by atoms with E-state index >= 15 is 0 Å². The van der Waals surface area contributed by atoms with Crippen LogP contribution < -0.4 is 5.32 Å². The predicted molar refractivity (Wildman–Crippen MR) is 79.9 cm³/mol. The highest BCUT2D eigenvalue weighted by atomic mass is 35.5. The fourth-order valence-electron chi connectivity index (χ4n) is 2.59. The second-order valence-electron chi connectivity index (χ2n) is 5.13. The summed E-state index contributed by atoms with van der Waals surface area (Å²) in [5.74, 6) is -1.34. The molecule has 1 atom stereocenters. The van der Waals surface area contributed by atoms with Gasteiger partial charge < -0.3 is 15.0 Å². The van der Waals surface area contributed by atoms with Crippen molar-refractivity contribution in [3.63, 3.8) is 0 Å². The summed E-state index contributed by atoms with van der Waals surface area (Å²) in [6.45, 7) is 2.91. The molecule has 5 nitrogen and oxygen atoms in total. The van der Waals surface area contributed by atoms with E-state index in [-0.39, 0.29) is 17.5 Å². The summed E-state index contributed by atoms with van der Waals surface area (Å²) in [6.07, 6.45) is 0.298. The van der Waals surface area contributed by atoms with Crippen LogP contribution in [0.15, 0.2) is 18.2 Å². The number of amides is 2. The number of ether oxygens (including phenoxy) is 1. The maximum atomic E-state index is 13.3. The third-order valence-electron chi connectivity index (χ3n) is 3.84. The van der Waals surface area contributed by atoms with E-state index in [0.717, 1.165) is 0 Å². The minimum atomic E-state index is -1.49. The molecule has 1 aliphatic heterocycles. The highest BCUT2D eigenvalue weighted by molar-refractivity contribution is 6.30. The number of likely N-dealkylation sites (tertiary alicyclic amines) is 1. The number of likely N-dealkylation sites (N-methyl/N-ethyl adjacent to an activating group) is 1. The lowest BCUT2D eigenvalue weighted by Crippen LogP contribution is -2.53. The van der Waals surface area contributed by atoms with Crippen molar-refractivity contribution in [3.05, 3.63) is 34.6 Å². The molecule has 0 unspecified atom stereocenters. The SMILES string of the molecule is CCN1CC[C@@](OC)(C(=O)NCc2cc(F)cc(Cl)c2)C1=O. The Morgan fingerprint density at radius 2 is 2.23 bits per heavy atom. The third-order valence-corrected chi connectivity index (χ3v) is 4.06. The summed E-state index contributed by atoms with van der Waals surface area (Å²) in [5, 5.41) is 2.88. The number of carbonyl (C=O) groups excluding carboxylic acids is 2. The monoisotopic (exact) mass is 328 g/mol. The first-order chi connectivity index (χ1) is 10.4. The van der Waals surface area contributed by atoms with Crippen molar-refractivity contribution < 1.29 is 18.7 Å². The molecule has 1 fully saturated rings. The zero-order valence-electron chi connectivity index (χ0n) is 12.5. The number of rotatable bonds is 5. The molecule has 1 aromatic carbocycles. The Kier molecular flexibility index (Phi) is 5.03. The second kappa shape index (κ2) is 6.62. The van der Waals surface area contributed by atoms with Gasteiger partial charge in [-0.3, -0.25) is 9.59 Å². The molecule has 2 rings (SSSR count). The van der Waals surface area contributed by atoms with Crippen LogP contribution in [0.2, 0.25) is 5.02 Å². The van der Waals surface area contributed by atoms with E-state index in [1.807, 2.05) is 6.92 Å². The lowest BCUT2D eigenvalue weighted by atomic mass is 10.0. The normalized spacial score (nSPS) is 21.3. The average Bonchev–Trinajstić information content (AvgIpc) is 2.81. The molecule has 1 aromatic rings. The van der Waals surface area contributed by atoms with Gasteiger partial charge in [0.2, 0.25) is 5.60 Å². The van der Waals surface area contributed by atoms with Crippen LogP contribution in [0.1, 0.15) is 18.9 Å². The Morgan fingerprint density at radius 1 is 1.50 bits per heavy atom. The zero-order valence-corrected chi connectivity index (χ0v) is 13.2. The fourth-order valence-corrected chi connectivity index (χ4v) is 2.83. The Labute approximate surface area is 133 Å². The summed E-state index contributed by atoms with van der Waals surface area (Å²) < 4.78 is 18.5. The molecule has 0 aliphatic carbocycles. The van der Waals surface area contributed by atoms with Gasteiger partial charge in [-0.2, -0.15) is 0 Å². The first-order valence-corrected chi connectivity index (χ1v) is 7.38. The molecule has 0 aromatic heterocycles. The van der Waals surface area contributed by atoms with Crippen LogP contribution in [0.25, 0.3) is 0 Å². The molecule has 0 saturated carbocycles. The van der Waals surface area contributed by atoms with Crippen LogP contribution in [0, 0.1) is 5.82 Å². The molecular formula is C15H18ClFN2O3. The highest BCUT2D eigenvalue weighted by Crippen LogP contribution is 2.27. The molecular weight excluding hydrogens is 311 g/mol. The number of methoxy groups -OCH3 is 1. The quantitative estimate of drug-likeness (QED) is 0.838. The fraction of sp³-hybridized carbons (Fsp3) is 0.467. The van der Waals surface area contributed by atoms with Gasteiger partial charge >= 0.3 is 0 Å². The molecule has 0 spiro atoms. The lowest BCUT2D eigenvalue weighted by molar-refractivity contribution is -0.157. The van der Waals surface area contributed by atoms with Crippen molar-refractivity contribution in [2.75, 3.05) is 20.2 Å². The average molecular weight is 329 g/mol. The first-order valence-electron chi connectivity index (χ1n) is 7.00. The largest absolute Gasteiger partial charge is 0.359 e. The van der Waals surface area contributed by atoms with Crippen LogP contribution in [-0.4, -0.2) is 42.5 Å². The van der Waals surface area contributed by atoms with Gasteiger partial charge in [-0.05, 0) is 30.7 Å². The van der Waals surface area contributed by atoms with E-state index in [0.29, 0.717) is 25.1 Å². The van der Waals surface area contributed by atoms with Crippen LogP contribution in [0.5, 0.6) is 0 Å². The van der Waals surface area contributed by atoms with Crippen molar-refractivity contribution >= 4 is 23.4 Å². The number of nitrogens with zero attached hydrogens (tertiary/aromatic N) is 1. The number of benzene rings is 1. The van der Waals surface area contributed by atoms with E-state index < -0.39 is 17.3 Å². The summed E-state index contributed by atoms with van der Waals surface area (Å²) in [5.41, 5.74) is -0.977. The van der Waals surface area contributed by atoms with E-state index in [2.05, 4.69) is 5.32 Å². The summed E-state index contributed by atoms with van der Waals surface area (Å²) in [6, 6.07) is 4.02. The number of hydrogen-bond acceptors (Lipinski definition) is 3. The number of carbonyl (C=O) groups is 2. The Bertz CT molecular complexity index is 576. The number of halogens is 2. The second-order valence-corrected chi connectivity index (χ2v) is 5.56. The van der Waals surface area contributed by atoms with Crippen LogP contribution in [-0.2, 0) is 20.9 Å². The van der Waals surface area contributed by atoms with E-state index in [4.69, 9.17) is 16.3 Å². The smallest absolute Gasteiger partial charge is 0.264 e. The lowest BCUT2D eigenvalue weighted by Gasteiger charge is -2.25. The van der Waals surface area contributed by atoms with Gasteiger partial charge in [-0.15, -0.1) is 0 Å².